The first-order valence-corrected chi connectivity index (χ1v) is 14.4. The van der Waals surface area contributed by atoms with E-state index in [4.69, 9.17) is 14.2 Å². The van der Waals surface area contributed by atoms with Crippen LogP contribution in [-0.4, -0.2) is 19.3 Å². The van der Waals surface area contributed by atoms with E-state index < -0.39 is 0 Å². The van der Waals surface area contributed by atoms with Gasteiger partial charge in [-0.2, -0.15) is 0 Å². The van der Waals surface area contributed by atoms with Gasteiger partial charge in [-0.1, -0.05) is 94.8 Å². The molecule has 1 aliphatic heterocycles. The number of hydrogen-bond donors (Lipinski definition) is 0. The van der Waals surface area contributed by atoms with Crippen molar-refractivity contribution in [2.75, 3.05) is 13.2 Å². The van der Waals surface area contributed by atoms with Crippen molar-refractivity contribution in [3.05, 3.63) is 95.6 Å². The van der Waals surface area contributed by atoms with Crippen molar-refractivity contribution < 1.29 is 48.9 Å². The number of aryl methyl sites for hydroxylation is 1. The molecule has 1 heterocycles. The maximum atomic E-state index is 12.8. The molecule has 5 heteroatoms. The number of ether oxygens (including phenoxy) is 3. The summed E-state index contributed by atoms with van der Waals surface area (Å²) in [6.07, 6.45) is 13.4. The molecule has 40 heavy (non-hydrogen) atoms. The van der Waals surface area contributed by atoms with Gasteiger partial charge in [-0.15, -0.1) is 0 Å². The van der Waals surface area contributed by atoms with Crippen LogP contribution in [-0.2, 0) is 12.8 Å². The van der Waals surface area contributed by atoms with Gasteiger partial charge in [0.05, 0.1) is 13.2 Å². The molecule has 0 spiro atoms. The van der Waals surface area contributed by atoms with Gasteiger partial charge in [0.25, 0.3) is 0 Å². The maximum Gasteiger partial charge on any atom is 1.00 e. The molecule has 0 fully saturated rings. The van der Waals surface area contributed by atoms with E-state index in [1.165, 1.54) is 17.5 Å². The fraction of sp³-hybridized carbons (Fsp3) is 0.371. The summed E-state index contributed by atoms with van der Waals surface area (Å²) in [7, 11) is 0. The monoisotopic (exact) mass is 548 g/mol. The van der Waals surface area contributed by atoms with Gasteiger partial charge in [0.1, 0.15) is 23.4 Å². The van der Waals surface area contributed by atoms with Crippen molar-refractivity contribution >= 4 is 0 Å². The van der Waals surface area contributed by atoms with E-state index >= 15 is 0 Å². The van der Waals surface area contributed by atoms with Gasteiger partial charge in [-0.05, 0) is 59.9 Å². The topological polar surface area (TPSA) is 50.8 Å². The minimum absolute atomic E-state index is 0. The summed E-state index contributed by atoms with van der Waals surface area (Å²) < 4.78 is 18.5. The predicted molar refractivity (Wildman–Crippen MR) is 158 cm³/mol. The summed E-state index contributed by atoms with van der Waals surface area (Å²) in [5, 5.41) is 12.8. The zero-order valence-electron chi connectivity index (χ0n) is 24.7. The SMILES string of the molecule is CCC.CCCc1c(OCCCOc2cc([O-])c(-c3ccccc3)cc2CC)ccc2c1C1C=CC=CC1O2.[Na+]. The van der Waals surface area contributed by atoms with Gasteiger partial charge >= 0.3 is 29.6 Å². The van der Waals surface area contributed by atoms with Crippen LogP contribution in [0.4, 0.5) is 0 Å². The predicted octanol–water partition coefficient (Wildman–Crippen LogP) is 5.18. The van der Waals surface area contributed by atoms with Crippen molar-refractivity contribution in [3.63, 3.8) is 0 Å². The fourth-order valence-electron chi connectivity index (χ4n) is 5.12. The number of rotatable bonds is 10. The minimum atomic E-state index is -0.0147. The Balaban J connectivity index is 0.00000106. The molecule has 2 unspecified atom stereocenters. The van der Waals surface area contributed by atoms with E-state index in [2.05, 4.69) is 52.0 Å². The van der Waals surface area contributed by atoms with Gasteiger partial charge in [-0.25, -0.2) is 0 Å². The normalized spacial score (nSPS) is 16.1. The molecule has 4 nitrogen and oxygen atoms in total. The molecule has 0 aromatic heterocycles. The molecule has 0 radical (unpaired) electrons. The fourth-order valence-corrected chi connectivity index (χ4v) is 5.12. The van der Waals surface area contributed by atoms with Crippen molar-refractivity contribution in [2.45, 2.75) is 71.8 Å². The van der Waals surface area contributed by atoms with Crippen LogP contribution in [0, 0.1) is 0 Å². The van der Waals surface area contributed by atoms with Crippen LogP contribution in [0.1, 0.15) is 69.6 Å². The molecule has 2 aliphatic rings. The van der Waals surface area contributed by atoms with Crippen molar-refractivity contribution in [1.82, 2.24) is 0 Å². The van der Waals surface area contributed by atoms with Crippen LogP contribution >= 0.6 is 0 Å². The van der Waals surface area contributed by atoms with Crippen LogP contribution < -0.4 is 48.9 Å². The Morgan fingerprint density at radius 2 is 1.55 bits per heavy atom. The summed E-state index contributed by atoms with van der Waals surface area (Å²) in [6, 6.07) is 17.5. The second kappa shape index (κ2) is 16.0. The van der Waals surface area contributed by atoms with E-state index in [1.807, 2.05) is 48.5 Å². The number of allylic oxidation sites excluding steroid dienone is 2. The van der Waals surface area contributed by atoms with E-state index in [-0.39, 0.29) is 47.3 Å². The first-order valence-electron chi connectivity index (χ1n) is 14.4. The Bertz CT molecular complexity index is 1280. The zero-order valence-corrected chi connectivity index (χ0v) is 26.7. The molecule has 5 rings (SSSR count). The van der Waals surface area contributed by atoms with E-state index in [0.29, 0.717) is 19.0 Å². The van der Waals surface area contributed by atoms with Crippen LogP contribution in [0.25, 0.3) is 11.1 Å². The van der Waals surface area contributed by atoms with Gasteiger partial charge in [0.2, 0.25) is 0 Å². The van der Waals surface area contributed by atoms with E-state index in [9.17, 15) is 5.11 Å². The van der Waals surface area contributed by atoms with Crippen molar-refractivity contribution in [3.8, 4) is 34.1 Å². The molecular formula is C35H41NaO4. The summed E-state index contributed by atoms with van der Waals surface area (Å²) in [5.41, 5.74) is 5.22. The summed E-state index contributed by atoms with van der Waals surface area (Å²) in [5.74, 6) is 2.82. The third-order valence-corrected chi connectivity index (χ3v) is 6.89. The van der Waals surface area contributed by atoms with Gasteiger partial charge in [-0.3, -0.25) is 0 Å². The van der Waals surface area contributed by atoms with Crippen LogP contribution in [0.5, 0.6) is 23.0 Å². The first-order chi connectivity index (χ1) is 19.1. The minimum Gasteiger partial charge on any atom is -0.872 e. The average Bonchev–Trinajstić information content (AvgIpc) is 3.34. The summed E-state index contributed by atoms with van der Waals surface area (Å²) in [6.45, 7) is 9.57. The maximum absolute atomic E-state index is 12.8. The Hall–Kier alpha value is -2.66. The number of fused-ring (bicyclic) bond motifs is 3. The number of hydrogen-bond acceptors (Lipinski definition) is 4. The third kappa shape index (κ3) is 7.54. The molecule has 0 saturated carbocycles. The van der Waals surface area contributed by atoms with Crippen LogP contribution in [0.15, 0.2) is 78.9 Å². The summed E-state index contributed by atoms with van der Waals surface area (Å²) >= 11 is 0. The van der Waals surface area contributed by atoms with Crippen LogP contribution in [0.3, 0.4) is 0 Å². The first kappa shape index (κ1) is 31.9. The molecule has 0 amide bonds. The molecule has 3 aromatic carbocycles. The quantitative estimate of drug-likeness (QED) is 0.259. The molecule has 0 bridgehead atoms. The largest absolute Gasteiger partial charge is 1.00 e. The zero-order chi connectivity index (χ0) is 27.6. The van der Waals surface area contributed by atoms with Gasteiger partial charge in [0, 0.05) is 23.5 Å². The van der Waals surface area contributed by atoms with Crippen molar-refractivity contribution in [2.24, 2.45) is 0 Å². The third-order valence-electron chi connectivity index (χ3n) is 6.89. The average molecular weight is 549 g/mol. The molecule has 1 aliphatic carbocycles. The molecule has 0 N–H and O–H groups in total. The Morgan fingerprint density at radius 3 is 2.25 bits per heavy atom. The Kier molecular flexibility index (Phi) is 12.7. The molecule has 2 atom stereocenters. The van der Waals surface area contributed by atoms with Gasteiger partial charge in [0.15, 0.2) is 0 Å². The Morgan fingerprint density at radius 1 is 0.850 bits per heavy atom. The molecule has 206 valence electrons. The second-order valence-electron chi connectivity index (χ2n) is 10.0. The second-order valence-corrected chi connectivity index (χ2v) is 10.0. The van der Waals surface area contributed by atoms with Crippen molar-refractivity contribution in [1.29, 1.82) is 0 Å². The smallest absolute Gasteiger partial charge is 0.872 e. The molecular weight excluding hydrogens is 507 g/mol. The van der Waals surface area contributed by atoms with Crippen LogP contribution in [0.2, 0.25) is 0 Å². The summed E-state index contributed by atoms with van der Waals surface area (Å²) in [4.78, 5) is 0. The van der Waals surface area contributed by atoms with E-state index in [0.717, 1.165) is 53.9 Å². The molecule has 3 aromatic rings. The standard InChI is InChI=1S/C32H34O4.C3H8.Na/c1-3-11-24-28(16-17-30-32(24)25-14-8-9-15-29(25)36-30)34-18-10-19-35-31-21-27(33)26(20-22(31)4-2)23-12-6-5-7-13-23;1-3-2;/h5-9,12-17,20-21,25,29,33H,3-4,10-11,18-19H2,1-2H3;3H2,1-2H3;/q;;+1/p-1. The van der Waals surface area contributed by atoms with E-state index in [1.54, 1.807) is 6.07 Å². The Labute approximate surface area is 262 Å². The number of benzene rings is 3. The van der Waals surface area contributed by atoms with Gasteiger partial charge < -0.3 is 19.3 Å². The molecule has 0 saturated heterocycles.